The molecule has 1 amide bonds. The Balaban J connectivity index is 2.02. The van der Waals surface area contributed by atoms with E-state index in [1.54, 1.807) is 10.8 Å². The first kappa shape index (κ1) is 13.0. The van der Waals surface area contributed by atoms with Crippen molar-refractivity contribution >= 4 is 28.9 Å². The van der Waals surface area contributed by atoms with Crippen molar-refractivity contribution in [3.05, 3.63) is 16.3 Å². The van der Waals surface area contributed by atoms with Gasteiger partial charge in [-0.05, 0) is 0 Å². The number of carbonyl (C=O) groups is 2. The molecular weight excluding hydrogens is 258 g/mol. The molecule has 1 saturated heterocycles. The van der Waals surface area contributed by atoms with Crippen molar-refractivity contribution in [1.82, 2.24) is 0 Å². The Labute approximate surface area is 108 Å². The molecule has 0 bridgehead atoms. The lowest BCUT2D eigenvalue weighted by atomic mass is 10.2. The van der Waals surface area contributed by atoms with E-state index in [2.05, 4.69) is 10.1 Å². The van der Waals surface area contributed by atoms with Crippen LogP contribution in [0.5, 0.6) is 0 Å². The van der Waals surface area contributed by atoms with E-state index in [1.807, 2.05) is 0 Å². The van der Waals surface area contributed by atoms with Crippen molar-refractivity contribution in [2.24, 2.45) is 0 Å². The van der Waals surface area contributed by atoms with Crippen molar-refractivity contribution in [3.8, 4) is 0 Å². The molecule has 1 aromatic rings. The van der Waals surface area contributed by atoms with Crippen molar-refractivity contribution < 1.29 is 23.8 Å². The number of rotatable bonds is 3. The van der Waals surface area contributed by atoms with Gasteiger partial charge in [0.2, 0.25) is 0 Å². The normalized spacial score (nSPS) is 19.3. The molecule has 0 aromatic carbocycles. The van der Waals surface area contributed by atoms with Gasteiger partial charge in [0.25, 0.3) is 5.91 Å². The van der Waals surface area contributed by atoms with E-state index >= 15 is 0 Å². The van der Waals surface area contributed by atoms with Gasteiger partial charge in [-0.1, -0.05) is 0 Å². The smallest absolute Gasteiger partial charge is 0.340 e. The van der Waals surface area contributed by atoms with E-state index < -0.39 is 12.1 Å². The zero-order chi connectivity index (χ0) is 13.0. The Kier molecular flexibility index (Phi) is 4.29. The number of thiophene rings is 1. The van der Waals surface area contributed by atoms with Crippen LogP contribution in [0.4, 0.5) is 5.69 Å². The van der Waals surface area contributed by atoms with Gasteiger partial charge in [-0.2, -0.15) is 0 Å². The first-order valence-electron chi connectivity index (χ1n) is 5.37. The number of anilines is 1. The topological polar surface area (TPSA) is 73.9 Å². The summed E-state index contributed by atoms with van der Waals surface area (Å²) < 4.78 is 15.0. The average molecular weight is 271 g/mol. The number of methoxy groups -OCH3 is 1. The van der Waals surface area contributed by atoms with Crippen molar-refractivity contribution in [1.29, 1.82) is 0 Å². The molecule has 0 aliphatic carbocycles. The minimum absolute atomic E-state index is 0.226. The number of nitrogens with one attached hydrogen (secondary N) is 1. The molecule has 1 aliphatic rings. The third-order valence-corrected chi connectivity index (χ3v) is 3.18. The average Bonchev–Trinajstić information content (AvgIpc) is 2.87. The second kappa shape index (κ2) is 5.94. The number of hydrogen-bond acceptors (Lipinski definition) is 6. The predicted octanol–water partition coefficient (Wildman–Crippen LogP) is 0.889. The fraction of sp³-hybridized carbons (Fsp3) is 0.455. The number of ether oxygens (including phenoxy) is 3. The van der Waals surface area contributed by atoms with Crippen LogP contribution < -0.4 is 5.32 Å². The van der Waals surface area contributed by atoms with E-state index in [4.69, 9.17) is 9.47 Å². The van der Waals surface area contributed by atoms with Crippen molar-refractivity contribution in [2.75, 3.05) is 32.2 Å². The lowest BCUT2D eigenvalue weighted by Gasteiger charge is -2.21. The van der Waals surface area contributed by atoms with Crippen LogP contribution in [-0.4, -0.2) is 44.9 Å². The van der Waals surface area contributed by atoms with Gasteiger partial charge < -0.3 is 19.5 Å². The van der Waals surface area contributed by atoms with Gasteiger partial charge in [0.1, 0.15) is 0 Å². The molecule has 2 rings (SSSR count). The molecule has 1 fully saturated rings. The molecule has 0 radical (unpaired) electrons. The molecule has 1 atom stereocenters. The van der Waals surface area contributed by atoms with E-state index in [-0.39, 0.29) is 12.5 Å². The second-order valence-electron chi connectivity index (χ2n) is 3.61. The Morgan fingerprint density at radius 3 is 2.94 bits per heavy atom. The molecular formula is C11H13NO5S. The maximum absolute atomic E-state index is 11.9. The SMILES string of the molecule is COC(=O)c1cscc1NC(=O)[C@@H]1COCCO1. The highest BCUT2D eigenvalue weighted by molar-refractivity contribution is 7.08. The van der Waals surface area contributed by atoms with E-state index in [9.17, 15) is 9.59 Å². The van der Waals surface area contributed by atoms with E-state index in [0.29, 0.717) is 24.5 Å². The van der Waals surface area contributed by atoms with Gasteiger partial charge in [0.15, 0.2) is 6.10 Å². The molecule has 18 heavy (non-hydrogen) atoms. The summed E-state index contributed by atoms with van der Waals surface area (Å²) >= 11 is 1.31. The molecule has 2 heterocycles. The molecule has 6 nitrogen and oxygen atoms in total. The first-order valence-corrected chi connectivity index (χ1v) is 6.31. The van der Waals surface area contributed by atoms with Crippen LogP contribution in [0.1, 0.15) is 10.4 Å². The van der Waals surface area contributed by atoms with Crippen LogP contribution in [0.25, 0.3) is 0 Å². The maximum Gasteiger partial charge on any atom is 0.340 e. The van der Waals surface area contributed by atoms with Crippen LogP contribution in [-0.2, 0) is 19.0 Å². The molecule has 1 aliphatic heterocycles. The molecule has 1 aromatic heterocycles. The van der Waals surface area contributed by atoms with Gasteiger partial charge in [0, 0.05) is 10.8 Å². The largest absolute Gasteiger partial charge is 0.465 e. The van der Waals surface area contributed by atoms with E-state index in [1.165, 1.54) is 18.4 Å². The van der Waals surface area contributed by atoms with Crippen molar-refractivity contribution in [3.63, 3.8) is 0 Å². The Morgan fingerprint density at radius 2 is 2.28 bits per heavy atom. The third kappa shape index (κ3) is 2.87. The molecule has 0 spiro atoms. The molecule has 0 saturated carbocycles. The predicted molar refractivity (Wildman–Crippen MR) is 64.8 cm³/mol. The van der Waals surface area contributed by atoms with E-state index in [0.717, 1.165) is 0 Å². The second-order valence-corrected chi connectivity index (χ2v) is 4.36. The summed E-state index contributed by atoms with van der Waals surface area (Å²) in [6.45, 7) is 1.12. The van der Waals surface area contributed by atoms with Gasteiger partial charge in [-0.15, -0.1) is 11.3 Å². The fourth-order valence-electron chi connectivity index (χ4n) is 1.51. The lowest BCUT2D eigenvalue weighted by Crippen LogP contribution is -2.39. The van der Waals surface area contributed by atoms with Crippen LogP contribution in [0.3, 0.4) is 0 Å². The fourth-order valence-corrected chi connectivity index (χ4v) is 2.26. The maximum atomic E-state index is 11.9. The Bertz CT molecular complexity index is 438. The van der Waals surface area contributed by atoms with Gasteiger partial charge in [0.05, 0.1) is 38.2 Å². The summed E-state index contributed by atoms with van der Waals surface area (Å²) in [5.74, 6) is -0.800. The zero-order valence-corrected chi connectivity index (χ0v) is 10.6. The number of esters is 1. The third-order valence-electron chi connectivity index (χ3n) is 2.43. The summed E-state index contributed by atoms with van der Waals surface area (Å²) in [4.78, 5) is 23.3. The summed E-state index contributed by atoms with van der Waals surface area (Å²) in [7, 11) is 1.30. The van der Waals surface area contributed by atoms with Crippen LogP contribution >= 0.6 is 11.3 Å². The van der Waals surface area contributed by atoms with Crippen LogP contribution in [0.15, 0.2) is 10.8 Å². The summed E-state index contributed by atoms with van der Waals surface area (Å²) in [5.41, 5.74) is 0.776. The summed E-state index contributed by atoms with van der Waals surface area (Å²) in [6, 6.07) is 0. The highest BCUT2D eigenvalue weighted by atomic mass is 32.1. The zero-order valence-electron chi connectivity index (χ0n) is 9.80. The van der Waals surface area contributed by atoms with Crippen LogP contribution in [0, 0.1) is 0 Å². The summed E-state index contributed by atoms with van der Waals surface area (Å²) in [6.07, 6.45) is -0.635. The Morgan fingerprint density at radius 1 is 1.44 bits per heavy atom. The number of hydrogen-bond donors (Lipinski definition) is 1. The summed E-state index contributed by atoms with van der Waals surface area (Å²) in [5, 5.41) is 5.94. The van der Waals surface area contributed by atoms with Gasteiger partial charge in [-0.3, -0.25) is 4.79 Å². The van der Waals surface area contributed by atoms with Gasteiger partial charge >= 0.3 is 5.97 Å². The van der Waals surface area contributed by atoms with Gasteiger partial charge in [-0.25, -0.2) is 4.79 Å². The number of carbonyl (C=O) groups excluding carboxylic acids is 2. The highest BCUT2D eigenvalue weighted by Gasteiger charge is 2.24. The monoisotopic (exact) mass is 271 g/mol. The molecule has 1 N–H and O–H groups in total. The highest BCUT2D eigenvalue weighted by Crippen LogP contribution is 2.22. The molecule has 0 unspecified atom stereocenters. The standard InChI is InChI=1S/C11H13NO5S/c1-15-11(14)7-5-18-6-8(7)12-10(13)9-4-16-2-3-17-9/h5-6,9H,2-4H2,1H3,(H,12,13)/t9-/m0/s1. The lowest BCUT2D eigenvalue weighted by molar-refractivity contribution is -0.142. The van der Waals surface area contributed by atoms with Crippen LogP contribution in [0.2, 0.25) is 0 Å². The minimum atomic E-state index is -0.635. The first-order chi connectivity index (χ1) is 8.72. The molecule has 98 valence electrons. The minimum Gasteiger partial charge on any atom is -0.465 e. The quantitative estimate of drug-likeness (QED) is 0.826. The molecule has 7 heteroatoms. The Hall–Kier alpha value is -1.44. The number of amides is 1. The van der Waals surface area contributed by atoms with Crippen molar-refractivity contribution in [2.45, 2.75) is 6.10 Å².